The molecule has 0 aliphatic heterocycles. The number of hydrogen-bond acceptors (Lipinski definition) is 4. The lowest BCUT2D eigenvalue weighted by molar-refractivity contribution is 0.396. The van der Waals surface area contributed by atoms with Crippen LogP contribution >= 0.6 is 0 Å². The van der Waals surface area contributed by atoms with Crippen LogP contribution in [0.3, 0.4) is 0 Å². The van der Waals surface area contributed by atoms with Gasteiger partial charge in [0.05, 0.1) is 7.11 Å². The maximum atomic E-state index is 5.22. The van der Waals surface area contributed by atoms with E-state index in [1.807, 2.05) is 24.3 Å². The van der Waals surface area contributed by atoms with E-state index in [1.165, 1.54) is 0 Å². The van der Waals surface area contributed by atoms with Gasteiger partial charge < -0.3 is 4.74 Å². The van der Waals surface area contributed by atoms with Crippen LogP contribution < -0.4 is 4.74 Å². The van der Waals surface area contributed by atoms with E-state index in [0.29, 0.717) is 5.88 Å². The summed E-state index contributed by atoms with van der Waals surface area (Å²) in [5, 5.41) is 14.0. The van der Waals surface area contributed by atoms with Crippen LogP contribution in [0, 0.1) is 0 Å². The normalized spacial score (nSPS) is 11.0. The van der Waals surface area contributed by atoms with E-state index in [4.69, 9.17) is 4.74 Å². The molecule has 3 rings (SSSR count). The standard InChI is InChI=1S/C10H8N4O/c1-15-10-8-5-3-2-4-7(8)9-12-11-6-14(9)13-10/h2-6H,1H3. The molecule has 0 bridgehead atoms. The van der Waals surface area contributed by atoms with Gasteiger partial charge >= 0.3 is 0 Å². The zero-order valence-electron chi connectivity index (χ0n) is 8.08. The molecule has 0 saturated heterocycles. The second kappa shape index (κ2) is 2.91. The van der Waals surface area contributed by atoms with Crippen molar-refractivity contribution in [2.75, 3.05) is 7.11 Å². The molecule has 2 heterocycles. The first-order valence-electron chi connectivity index (χ1n) is 4.53. The molecule has 3 aromatic rings. The Morgan fingerprint density at radius 3 is 2.80 bits per heavy atom. The van der Waals surface area contributed by atoms with Crippen LogP contribution in [0.4, 0.5) is 0 Å². The summed E-state index contributed by atoms with van der Waals surface area (Å²) in [5.74, 6) is 0.581. The molecule has 0 radical (unpaired) electrons. The molecular weight excluding hydrogens is 192 g/mol. The second-order valence-electron chi connectivity index (χ2n) is 3.15. The summed E-state index contributed by atoms with van der Waals surface area (Å²) in [5.41, 5.74) is 0.742. The molecule has 5 nitrogen and oxygen atoms in total. The minimum Gasteiger partial charge on any atom is -0.480 e. The zero-order valence-corrected chi connectivity index (χ0v) is 8.08. The zero-order chi connectivity index (χ0) is 10.3. The van der Waals surface area contributed by atoms with Gasteiger partial charge in [-0.3, -0.25) is 0 Å². The van der Waals surface area contributed by atoms with Crippen molar-refractivity contribution in [3.05, 3.63) is 30.6 Å². The van der Waals surface area contributed by atoms with E-state index >= 15 is 0 Å². The molecule has 5 heteroatoms. The Labute approximate surface area is 85.3 Å². The minimum absolute atomic E-state index is 0.581. The fourth-order valence-corrected chi connectivity index (χ4v) is 1.65. The Hall–Kier alpha value is -2.17. The van der Waals surface area contributed by atoms with Gasteiger partial charge in [0, 0.05) is 10.8 Å². The molecule has 0 saturated carbocycles. The minimum atomic E-state index is 0.581. The topological polar surface area (TPSA) is 52.3 Å². The molecule has 0 atom stereocenters. The number of rotatable bonds is 1. The summed E-state index contributed by atoms with van der Waals surface area (Å²) in [6, 6.07) is 7.83. The Balaban J connectivity index is 2.58. The molecule has 1 aromatic carbocycles. The predicted octanol–water partition coefficient (Wildman–Crippen LogP) is 1.29. The van der Waals surface area contributed by atoms with Crippen molar-refractivity contribution >= 4 is 16.4 Å². The van der Waals surface area contributed by atoms with Crippen LogP contribution in [0.15, 0.2) is 30.6 Å². The lowest BCUT2D eigenvalue weighted by Gasteiger charge is -2.04. The highest BCUT2D eigenvalue weighted by Crippen LogP contribution is 2.24. The molecule has 0 N–H and O–H groups in total. The number of nitrogens with zero attached hydrogens (tertiary/aromatic N) is 4. The van der Waals surface area contributed by atoms with Gasteiger partial charge in [-0.15, -0.1) is 15.3 Å². The molecule has 0 unspecified atom stereocenters. The highest BCUT2D eigenvalue weighted by Gasteiger charge is 2.08. The van der Waals surface area contributed by atoms with Gasteiger partial charge in [-0.05, 0) is 6.07 Å². The number of benzene rings is 1. The van der Waals surface area contributed by atoms with E-state index in [0.717, 1.165) is 16.4 Å². The summed E-state index contributed by atoms with van der Waals surface area (Å²) < 4.78 is 6.83. The van der Waals surface area contributed by atoms with Crippen LogP contribution in [0.2, 0.25) is 0 Å². The third-order valence-corrected chi connectivity index (χ3v) is 2.32. The van der Waals surface area contributed by atoms with Crippen molar-refractivity contribution < 1.29 is 4.74 Å². The van der Waals surface area contributed by atoms with Crippen LogP contribution in [0.5, 0.6) is 5.88 Å². The highest BCUT2D eigenvalue weighted by atomic mass is 16.5. The van der Waals surface area contributed by atoms with Crippen LogP contribution in [0.1, 0.15) is 0 Å². The first-order chi connectivity index (χ1) is 7.40. The smallest absolute Gasteiger partial charge is 0.239 e. The average Bonchev–Trinajstić information content (AvgIpc) is 2.76. The number of fused-ring (bicyclic) bond motifs is 3. The molecule has 0 fully saturated rings. The Morgan fingerprint density at radius 1 is 1.20 bits per heavy atom. The lowest BCUT2D eigenvalue weighted by Crippen LogP contribution is -1.96. The van der Waals surface area contributed by atoms with Crippen molar-refractivity contribution in [3.8, 4) is 5.88 Å². The monoisotopic (exact) mass is 200 g/mol. The summed E-state index contributed by atoms with van der Waals surface area (Å²) in [6.07, 6.45) is 1.56. The molecule has 15 heavy (non-hydrogen) atoms. The summed E-state index contributed by atoms with van der Waals surface area (Å²) >= 11 is 0. The summed E-state index contributed by atoms with van der Waals surface area (Å²) in [6.45, 7) is 0. The van der Waals surface area contributed by atoms with Gasteiger partial charge in [0.1, 0.15) is 6.33 Å². The van der Waals surface area contributed by atoms with Crippen LogP contribution in [-0.2, 0) is 0 Å². The number of aromatic nitrogens is 4. The fraction of sp³-hybridized carbons (Fsp3) is 0.100. The molecule has 0 aliphatic rings. The van der Waals surface area contributed by atoms with Crippen molar-refractivity contribution in [3.63, 3.8) is 0 Å². The third kappa shape index (κ3) is 1.06. The molecule has 74 valence electrons. The van der Waals surface area contributed by atoms with E-state index in [1.54, 1.807) is 18.0 Å². The van der Waals surface area contributed by atoms with Gasteiger partial charge in [-0.2, -0.15) is 4.52 Å². The van der Waals surface area contributed by atoms with E-state index < -0.39 is 0 Å². The Kier molecular flexibility index (Phi) is 1.58. The van der Waals surface area contributed by atoms with Crippen LogP contribution in [-0.4, -0.2) is 26.9 Å². The van der Waals surface area contributed by atoms with Gasteiger partial charge in [0.2, 0.25) is 5.88 Å². The van der Waals surface area contributed by atoms with Gasteiger partial charge in [0.15, 0.2) is 5.65 Å². The molecular formula is C10H8N4O. The van der Waals surface area contributed by atoms with Crippen molar-refractivity contribution in [2.24, 2.45) is 0 Å². The molecule has 0 aliphatic carbocycles. The SMILES string of the molecule is COc1nn2cnnc2c2ccccc12. The average molecular weight is 200 g/mol. The maximum absolute atomic E-state index is 5.22. The molecule has 2 aromatic heterocycles. The second-order valence-corrected chi connectivity index (χ2v) is 3.15. The van der Waals surface area contributed by atoms with Gasteiger partial charge in [0.25, 0.3) is 0 Å². The Bertz CT molecular complexity index is 631. The quantitative estimate of drug-likeness (QED) is 0.593. The molecule has 0 amide bonds. The van der Waals surface area contributed by atoms with E-state index in [2.05, 4.69) is 15.3 Å². The van der Waals surface area contributed by atoms with Crippen molar-refractivity contribution in [1.29, 1.82) is 0 Å². The van der Waals surface area contributed by atoms with E-state index in [9.17, 15) is 0 Å². The largest absolute Gasteiger partial charge is 0.480 e. The van der Waals surface area contributed by atoms with E-state index in [-0.39, 0.29) is 0 Å². The first kappa shape index (κ1) is 8.16. The lowest BCUT2D eigenvalue weighted by atomic mass is 10.2. The van der Waals surface area contributed by atoms with Crippen LogP contribution in [0.25, 0.3) is 16.4 Å². The fourth-order valence-electron chi connectivity index (χ4n) is 1.65. The molecule has 0 spiro atoms. The summed E-state index contributed by atoms with van der Waals surface area (Å²) in [4.78, 5) is 0. The highest BCUT2D eigenvalue weighted by molar-refractivity contribution is 5.96. The maximum Gasteiger partial charge on any atom is 0.239 e. The Morgan fingerprint density at radius 2 is 2.00 bits per heavy atom. The van der Waals surface area contributed by atoms with Crippen molar-refractivity contribution in [1.82, 2.24) is 19.8 Å². The number of hydrogen-bond donors (Lipinski definition) is 0. The van der Waals surface area contributed by atoms with Gasteiger partial charge in [-0.25, -0.2) is 0 Å². The first-order valence-corrected chi connectivity index (χ1v) is 4.53. The third-order valence-electron chi connectivity index (χ3n) is 2.32. The predicted molar refractivity (Wildman–Crippen MR) is 54.8 cm³/mol. The van der Waals surface area contributed by atoms with Crippen molar-refractivity contribution in [2.45, 2.75) is 0 Å². The van der Waals surface area contributed by atoms with Gasteiger partial charge in [-0.1, -0.05) is 18.2 Å². The number of methoxy groups -OCH3 is 1. The summed E-state index contributed by atoms with van der Waals surface area (Å²) in [7, 11) is 1.60. The number of ether oxygens (including phenoxy) is 1.